The van der Waals surface area contributed by atoms with Crippen LogP contribution in [0.2, 0.25) is 0 Å². The van der Waals surface area contributed by atoms with Gasteiger partial charge in [-0.05, 0) is 16.3 Å². The Morgan fingerprint density at radius 1 is 1.86 bits per heavy atom. The average molecular weight is 150 g/mol. The molecule has 7 heavy (non-hydrogen) atoms. The molecule has 1 heterocycles. The fourth-order valence-electron chi connectivity index (χ4n) is 0.236. The van der Waals surface area contributed by atoms with Gasteiger partial charge in [0.2, 0.25) is 5.55 Å². The molecule has 0 amide bonds. The van der Waals surface area contributed by atoms with Crippen LogP contribution in [-0.2, 0) is 33.5 Å². The third-order valence-corrected chi connectivity index (χ3v) is 2.02. The molecule has 0 saturated carbocycles. The molecule has 0 N–H and O–H groups in total. The maximum Gasteiger partial charge on any atom is 0.223 e. The van der Waals surface area contributed by atoms with Crippen molar-refractivity contribution in [1.29, 1.82) is 0 Å². The molecular weight excluding hydrogens is 148 g/mol. The highest BCUT2D eigenvalue weighted by atomic mass is 32.8. The lowest BCUT2D eigenvalue weighted by Gasteiger charge is -1.81. The summed E-state index contributed by atoms with van der Waals surface area (Å²) in [4.78, 5) is 0. The van der Waals surface area contributed by atoms with Crippen molar-refractivity contribution in [2.75, 3.05) is 0 Å². The van der Waals surface area contributed by atoms with Crippen molar-refractivity contribution < 1.29 is 4.09 Å². The minimum Gasteiger partial charge on any atom is -0.393 e. The van der Waals surface area contributed by atoms with Crippen LogP contribution >= 0.6 is 0 Å². The zero-order chi connectivity index (χ0) is 5.28. The normalized spacial score (nSPS) is 28.0. The van der Waals surface area contributed by atoms with E-state index >= 15 is 0 Å². The minimum absolute atomic E-state index is 0.215. The summed E-state index contributed by atoms with van der Waals surface area (Å²) in [6, 6.07) is 0. The fourth-order valence-corrected chi connectivity index (χ4v) is 1.63. The molecule has 1 unspecified atom stereocenters. The molecule has 0 spiro atoms. The number of hydrazone groups is 1. The molecule has 1 atom stereocenters. The Hall–Kier alpha value is 0.130. The summed E-state index contributed by atoms with van der Waals surface area (Å²) in [5.41, 5.74) is 3.37. The molecule has 0 aliphatic carbocycles. The van der Waals surface area contributed by atoms with Crippen LogP contribution in [0.1, 0.15) is 0 Å². The number of rotatable bonds is 0. The highest BCUT2D eigenvalue weighted by Gasteiger charge is 1.96. The smallest absolute Gasteiger partial charge is 0.223 e. The molecular formula is C2H2N2S3. The number of nitrogens with zero attached hydrogens (tertiary/aromatic N) is 2. The summed E-state index contributed by atoms with van der Waals surface area (Å²) < 4.78 is 1.32. The van der Waals surface area contributed by atoms with Gasteiger partial charge in [-0.25, -0.2) is 0 Å². The van der Waals surface area contributed by atoms with Crippen LogP contribution in [0.4, 0.5) is 0 Å². The van der Waals surface area contributed by atoms with E-state index in [0.717, 1.165) is 0 Å². The average Bonchev–Trinajstić information content (AvgIpc) is 1.87. The number of hydrogen-bond donors (Lipinski definition) is 0. The molecule has 0 saturated heterocycles. The summed E-state index contributed by atoms with van der Waals surface area (Å²) in [6.45, 7) is 0. The Balaban J connectivity index is 2.88. The van der Waals surface area contributed by atoms with Gasteiger partial charge in [0, 0.05) is 9.45 Å². The summed E-state index contributed by atoms with van der Waals surface area (Å²) in [7, 11) is -0.215. The second-order valence-corrected chi connectivity index (χ2v) is 3.56. The van der Waals surface area contributed by atoms with Crippen molar-refractivity contribution in [3.05, 3.63) is 0 Å². The van der Waals surface area contributed by atoms with Gasteiger partial charge >= 0.3 is 0 Å². The second kappa shape index (κ2) is 1.94. The zero-order valence-electron chi connectivity index (χ0n) is 3.27. The zero-order valence-corrected chi connectivity index (χ0v) is 5.72. The van der Waals surface area contributed by atoms with Crippen LogP contribution in [0.3, 0.4) is 0 Å². The largest absolute Gasteiger partial charge is 0.393 e. The van der Waals surface area contributed by atoms with E-state index in [4.69, 9.17) is 11.2 Å². The van der Waals surface area contributed by atoms with E-state index in [1.807, 2.05) is 0 Å². The Bertz CT molecular complexity index is 158. The first-order valence-electron chi connectivity index (χ1n) is 1.54. The molecule has 0 aromatic rings. The maximum absolute atomic E-state index is 4.79. The molecule has 0 aromatic carbocycles. The first-order chi connectivity index (χ1) is 3.29. The SMILES string of the molecule is S=S1C=N[N+]([S-])=C1. The fraction of sp³-hybridized carbons (Fsp3) is 0. The Kier molecular flexibility index (Phi) is 1.46. The summed E-state index contributed by atoms with van der Waals surface area (Å²) >= 11 is 9.39. The highest BCUT2D eigenvalue weighted by Crippen LogP contribution is 1.82. The molecule has 0 bridgehead atoms. The van der Waals surface area contributed by atoms with Crippen LogP contribution in [0.15, 0.2) is 5.10 Å². The van der Waals surface area contributed by atoms with Gasteiger partial charge in [0.05, 0.1) is 0 Å². The third kappa shape index (κ3) is 1.25. The molecule has 0 radical (unpaired) electrons. The van der Waals surface area contributed by atoms with E-state index in [1.165, 1.54) is 4.09 Å². The van der Waals surface area contributed by atoms with E-state index in [-0.39, 0.29) is 9.45 Å². The van der Waals surface area contributed by atoms with Crippen molar-refractivity contribution >= 4 is 44.6 Å². The van der Waals surface area contributed by atoms with Crippen molar-refractivity contribution in [3.63, 3.8) is 0 Å². The van der Waals surface area contributed by atoms with Crippen molar-refractivity contribution in [2.45, 2.75) is 0 Å². The van der Waals surface area contributed by atoms with Gasteiger partial charge < -0.3 is 12.8 Å². The van der Waals surface area contributed by atoms with Crippen molar-refractivity contribution in [1.82, 2.24) is 0 Å². The van der Waals surface area contributed by atoms with Gasteiger partial charge in [-0.15, -0.1) is 0 Å². The van der Waals surface area contributed by atoms with Gasteiger partial charge in [0.15, 0.2) is 0 Å². The Morgan fingerprint density at radius 3 is 2.71 bits per heavy atom. The van der Waals surface area contributed by atoms with Gasteiger partial charge in [0.1, 0.15) is 5.55 Å². The van der Waals surface area contributed by atoms with E-state index in [0.29, 0.717) is 0 Å². The summed E-state index contributed by atoms with van der Waals surface area (Å²) in [5, 5.41) is 3.69. The van der Waals surface area contributed by atoms with Gasteiger partial charge in [0.25, 0.3) is 0 Å². The molecule has 1 rings (SSSR count). The first-order valence-corrected chi connectivity index (χ1v) is 4.18. The third-order valence-electron chi connectivity index (χ3n) is 0.459. The maximum atomic E-state index is 4.79. The topological polar surface area (TPSA) is 15.4 Å². The van der Waals surface area contributed by atoms with Crippen molar-refractivity contribution in [3.8, 4) is 0 Å². The molecule has 0 fully saturated rings. The predicted octanol–water partition coefficient (Wildman–Crippen LogP) is -0.474. The van der Waals surface area contributed by atoms with E-state index in [2.05, 4.69) is 17.9 Å². The van der Waals surface area contributed by atoms with E-state index < -0.39 is 0 Å². The standard InChI is InChI=1S/C2H2N2S3/c5-4-2-7(6)1-3-4/h1-2H. The lowest BCUT2D eigenvalue weighted by atomic mass is 11.6. The Morgan fingerprint density at radius 2 is 2.57 bits per heavy atom. The lowest BCUT2D eigenvalue weighted by molar-refractivity contribution is -0.338. The monoisotopic (exact) mass is 150 g/mol. The minimum atomic E-state index is -0.215. The highest BCUT2D eigenvalue weighted by molar-refractivity contribution is 8.43. The lowest BCUT2D eigenvalue weighted by Crippen LogP contribution is -1.89. The van der Waals surface area contributed by atoms with Crippen LogP contribution in [-0.4, -0.2) is 15.2 Å². The summed E-state index contributed by atoms with van der Waals surface area (Å²) in [5.74, 6) is 0. The van der Waals surface area contributed by atoms with Crippen LogP contribution in [0, 0.1) is 0 Å². The van der Waals surface area contributed by atoms with Crippen LogP contribution in [0.25, 0.3) is 0 Å². The van der Waals surface area contributed by atoms with Crippen LogP contribution in [0.5, 0.6) is 0 Å². The van der Waals surface area contributed by atoms with Crippen molar-refractivity contribution in [2.24, 2.45) is 5.10 Å². The van der Waals surface area contributed by atoms with Gasteiger partial charge in [-0.2, -0.15) is 4.09 Å². The molecule has 38 valence electrons. The molecule has 2 nitrogen and oxygen atoms in total. The first kappa shape index (κ1) is 5.27. The molecule has 5 heteroatoms. The van der Waals surface area contributed by atoms with E-state index in [9.17, 15) is 0 Å². The van der Waals surface area contributed by atoms with Gasteiger partial charge in [-0.3, -0.25) is 0 Å². The molecule has 1 aliphatic heterocycles. The van der Waals surface area contributed by atoms with E-state index in [1.54, 1.807) is 11.1 Å². The Labute approximate surface area is 54.1 Å². The quantitative estimate of drug-likeness (QED) is 0.342. The number of hydrogen-bond acceptors (Lipinski definition) is 3. The van der Waals surface area contributed by atoms with Gasteiger partial charge in [-0.1, -0.05) is 0 Å². The molecule has 1 aliphatic rings. The predicted molar refractivity (Wildman–Crippen MR) is 36.9 cm³/mol. The molecule has 0 aromatic heterocycles. The van der Waals surface area contributed by atoms with Crippen LogP contribution < -0.4 is 0 Å². The second-order valence-electron chi connectivity index (χ2n) is 0.957. The summed E-state index contributed by atoms with van der Waals surface area (Å²) in [6.07, 6.45) is 0.